The summed E-state index contributed by atoms with van der Waals surface area (Å²) in [6.45, 7) is 0. The van der Waals surface area contributed by atoms with Crippen LogP contribution in [0.5, 0.6) is 0 Å². The third-order valence-electron chi connectivity index (χ3n) is 4.07. The van der Waals surface area contributed by atoms with Crippen molar-refractivity contribution in [3.05, 3.63) is 0 Å². The maximum absolute atomic E-state index is 11.9. The van der Waals surface area contributed by atoms with Gasteiger partial charge in [-0.15, -0.1) is 0 Å². The van der Waals surface area contributed by atoms with E-state index in [1.54, 1.807) is 7.05 Å². The normalized spacial score (nSPS) is 34.1. The molecule has 0 aromatic rings. The molecule has 0 aliphatic heterocycles. The lowest BCUT2D eigenvalue weighted by Crippen LogP contribution is -2.44. The summed E-state index contributed by atoms with van der Waals surface area (Å²) >= 11 is 0. The highest BCUT2D eigenvalue weighted by Gasteiger charge is 2.54. The molecule has 2 rings (SSSR count). The number of hydrogen-bond donors (Lipinski definition) is 2. The lowest BCUT2D eigenvalue weighted by molar-refractivity contribution is -0.169. The first-order valence-electron chi connectivity index (χ1n) is 5.74. The molecule has 17 heavy (non-hydrogen) atoms. The molecule has 2 aliphatic rings. The van der Waals surface area contributed by atoms with Crippen LogP contribution in [0.4, 0.5) is 0 Å². The van der Waals surface area contributed by atoms with E-state index >= 15 is 0 Å². The average Bonchev–Trinajstić information content (AvgIpc) is 2.86. The van der Waals surface area contributed by atoms with Crippen LogP contribution in [0.2, 0.25) is 0 Å². The van der Waals surface area contributed by atoms with Crippen LogP contribution in [0.3, 0.4) is 0 Å². The van der Waals surface area contributed by atoms with Gasteiger partial charge in [0, 0.05) is 14.1 Å². The Hall–Kier alpha value is -1.10. The maximum atomic E-state index is 11.9. The van der Waals surface area contributed by atoms with Crippen molar-refractivity contribution in [1.82, 2.24) is 10.4 Å². The van der Waals surface area contributed by atoms with Crippen molar-refractivity contribution in [2.45, 2.75) is 26.7 Å². The average molecular weight is 242 g/mol. The molecule has 0 heterocycles. The molecule has 2 aliphatic carbocycles. The molecule has 0 radical (unpaired) electrons. The van der Waals surface area contributed by atoms with E-state index in [2.05, 4.69) is 5.32 Å². The van der Waals surface area contributed by atoms with Gasteiger partial charge in [0.25, 0.3) is 0 Å². The first kappa shape index (κ1) is 14.0. The molecule has 2 N–H and O–H groups in total. The van der Waals surface area contributed by atoms with Gasteiger partial charge in [0.15, 0.2) is 0 Å². The predicted molar refractivity (Wildman–Crippen MR) is 63.2 cm³/mol. The van der Waals surface area contributed by atoms with Gasteiger partial charge in [-0.25, -0.2) is 5.06 Å². The molecule has 0 aromatic carbocycles. The van der Waals surface area contributed by atoms with Crippen LogP contribution in [0, 0.1) is 23.7 Å². The Balaban J connectivity index is 0.00000144. The summed E-state index contributed by atoms with van der Waals surface area (Å²) in [6, 6.07) is 0. The molecule has 2 unspecified atom stereocenters. The van der Waals surface area contributed by atoms with Crippen molar-refractivity contribution in [2.75, 3.05) is 14.1 Å². The fourth-order valence-corrected chi connectivity index (χ4v) is 3.41. The molecule has 5 heteroatoms. The van der Waals surface area contributed by atoms with Crippen LogP contribution < -0.4 is 5.32 Å². The second kappa shape index (κ2) is 5.04. The molecular weight excluding hydrogens is 220 g/mol. The number of amides is 2. The molecule has 0 spiro atoms. The standard InChI is InChI=1S/C11H18N2O3.CH4/c1-12-10(14)8-6-3-4-7(5-6)9(8)11(15)13(2)16;/h6-9,16H,3-5H2,1-2H3,(H,12,14);1H4/t6?,7?,8-,9-;/m0./s1. The van der Waals surface area contributed by atoms with Crippen LogP contribution in [-0.2, 0) is 9.59 Å². The fourth-order valence-electron chi connectivity index (χ4n) is 3.41. The van der Waals surface area contributed by atoms with Gasteiger partial charge in [0.05, 0.1) is 11.8 Å². The van der Waals surface area contributed by atoms with Crippen LogP contribution in [0.25, 0.3) is 0 Å². The van der Waals surface area contributed by atoms with Gasteiger partial charge >= 0.3 is 0 Å². The van der Waals surface area contributed by atoms with Crippen molar-refractivity contribution >= 4 is 11.8 Å². The van der Waals surface area contributed by atoms with E-state index in [9.17, 15) is 14.8 Å². The summed E-state index contributed by atoms with van der Waals surface area (Å²) in [6.07, 6.45) is 2.98. The highest BCUT2D eigenvalue weighted by molar-refractivity contribution is 5.88. The number of rotatable bonds is 2. The smallest absolute Gasteiger partial charge is 0.249 e. The Morgan fingerprint density at radius 2 is 1.76 bits per heavy atom. The topological polar surface area (TPSA) is 69.6 Å². The third kappa shape index (κ3) is 2.16. The van der Waals surface area contributed by atoms with E-state index < -0.39 is 0 Å². The Labute approximate surface area is 102 Å². The number of hydroxylamine groups is 2. The molecule has 5 nitrogen and oxygen atoms in total. The second-order valence-corrected chi connectivity index (χ2v) is 4.86. The van der Waals surface area contributed by atoms with E-state index in [4.69, 9.17) is 0 Å². The van der Waals surface area contributed by atoms with Crippen molar-refractivity contribution in [2.24, 2.45) is 23.7 Å². The summed E-state index contributed by atoms with van der Waals surface area (Å²) in [5.74, 6) is -0.360. The van der Waals surface area contributed by atoms with Crippen LogP contribution in [-0.4, -0.2) is 36.2 Å². The van der Waals surface area contributed by atoms with Crippen LogP contribution in [0.15, 0.2) is 0 Å². The van der Waals surface area contributed by atoms with Gasteiger partial charge in [-0.05, 0) is 31.1 Å². The lowest BCUT2D eigenvalue weighted by Gasteiger charge is -2.29. The van der Waals surface area contributed by atoms with Gasteiger partial charge < -0.3 is 5.32 Å². The number of nitrogens with zero attached hydrogens (tertiary/aromatic N) is 1. The van der Waals surface area contributed by atoms with Crippen molar-refractivity contribution in [3.8, 4) is 0 Å². The van der Waals surface area contributed by atoms with Crippen LogP contribution >= 0.6 is 0 Å². The molecule has 2 fully saturated rings. The zero-order valence-electron chi connectivity index (χ0n) is 9.64. The van der Waals surface area contributed by atoms with E-state index in [1.807, 2.05) is 0 Å². The Morgan fingerprint density at radius 3 is 2.24 bits per heavy atom. The van der Waals surface area contributed by atoms with E-state index in [-0.39, 0.29) is 37.0 Å². The van der Waals surface area contributed by atoms with Gasteiger partial charge in [-0.3, -0.25) is 14.8 Å². The van der Waals surface area contributed by atoms with Crippen molar-refractivity contribution in [1.29, 1.82) is 0 Å². The highest BCUT2D eigenvalue weighted by atomic mass is 16.5. The molecule has 0 saturated heterocycles. The zero-order valence-corrected chi connectivity index (χ0v) is 9.64. The highest BCUT2D eigenvalue weighted by Crippen LogP contribution is 2.52. The quantitative estimate of drug-likeness (QED) is 0.558. The van der Waals surface area contributed by atoms with Gasteiger partial charge in [-0.2, -0.15) is 0 Å². The zero-order chi connectivity index (χ0) is 11.9. The van der Waals surface area contributed by atoms with Crippen molar-refractivity contribution < 1.29 is 14.8 Å². The molecule has 0 aromatic heterocycles. The van der Waals surface area contributed by atoms with Crippen molar-refractivity contribution in [3.63, 3.8) is 0 Å². The molecular formula is C12H22N2O3. The van der Waals surface area contributed by atoms with Crippen LogP contribution in [0.1, 0.15) is 26.7 Å². The SMILES string of the molecule is C.CNC(=O)[C@H]1C2CCC(C2)[C@@H]1C(=O)N(C)O. The van der Waals surface area contributed by atoms with E-state index in [0.29, 0.717) is 11.0 Å². The minimum absolute atomic E-state index is 0. The van der Waals surface area contributed by atoms with Gasteiger partial charge in [-0.1, -0.05) is 7.43 Å². The monoisotopic (exact) mass is 242 g/mol. The lowest BCUT2D eigenvalue weighted by atomic mass is 9.78. The summed E-state index contributed by atoms with van der Waals surface area (Å²) in [5.41, 5.74) is 0. The number of fused-ring (bicyclic) bond motifs is 2. The van der Waals surface area contributed by atoms with E-state index in [1.165, 1.54) is 7.05 Å². The summed E-state index contributed by atoms with van der Waals surface area (Å²) in [5, 5.41) is 12.5. The molecule has 4 atom stereocenters. The summed E-state index contributed by atoms with van der Waals surface area (Å²) in [4.78, 5) is 23.6. The molecule has 2 saturated carbocycles. The Morgan fingerprint density at radius 1 is 1.24 bits per heavy atom. The minimum atomic E-state index is -0.325. The predicted octanol–water partition coefficient (Wildman–Crippen LogP) is 0.878. The molecule has 2 bridgehead atoms. The first-order chi connectivity index (χ1) is 7.56. The number of carbonyl (C=O) groups is 2. The largest absolute Gasteiger partial charge is 0.359 e. The molecule has 2 amide bonds. The van der Waals surface area contributed by atoms with Gasteiger partial charge in [0.1, 0.15) is 0 Å². The molecule has 98 valence electrons. The van der Waals surface area contributed by atoms with E-state index in [0.717, 1.165) is 19.3 Å². The van der Waals surface area contributed by atoms with Gasteiger partial charge in [0.2, 0.25) is 11.8 Å². The number of nitrogens with one attached hydrogen (secondary N) is 1. The first-order valence-corrected chi connectivity index (χ1v) is 5.74. The summed E-state index contributed by atoms with van der Waals surface area (Å²) in [7, 11) is 2.92. The second-order valence-electron chi connectivity index (χ2n) is 4.86. The Kier molecular flexibility index (Phi) is 4.14. The third-order valence-corrected chi connectivity index (χ3v) is 4.07. The Bertz CT molecular complexity index is 317. The maximum Gasteiger partial charge on any atom is 0.249 e. The number of hydrogen-bond acceptors (Lipinski definition) is 3. The minimum Gasteiger partial charge on any atom is -0.359 e. The summed E-state index contributed by atoms with van der Waals surface area (Å²) < 4.78 is 0. The number of carbonyl (C=O) groups excluding carboxylic acids is 2. The fraction of sp³-hybridized carbons (Fsp3) is 0.833.